The summed E-state index contributed by atoms with van der Waals surface area (Å²) >= 11 is 0. The first-order valence-electron chi connectivity index (χ1n) is 6.41. The van der Waals surface area contributed by atoms with Gasteiger partial charge in [-0.05, 0) is 36.8 Å². The van der Waals surface area contributed by atoms with Gasteiger partial charge in [0.05, 0.1) is 13.7 Å². The van der Waals surface area contributed by atoms with Crippen LogP contribution in [0.25, 0.3) is 0 Å². The molecule has 0 spiro atoms. The molecule has 21 heavy (non-hydrogen) atoms. The van der Waals surface area contributed by atoms with Gasteiger partial charge < -0.3 is 14.9 Å². The van der Waals surface area contributed by atoms with Gasteiger partial charge in [-0.1, -0.05) is 12.1 Å². The van der Waals surface area contributed by atoms with Crippen molar-refractivity contribution >= 4 is 10.0 Å². The summed E-state index contributed by atoms with van der Waals surface area (Å²) in [6.07, 6.45) is 0. The van der Waals surface area contributed by atoms with Crippen LogP contribution in [0.15, 0.2) is 45.9 Å². The van der Waals surface area contributed by atoms with Crippen LogP contribution >= 0.6 is 0 Å². The van der Waals surface area contributed by atoms with Gasteiger partial charge in [-0.2, -0.15) is 0 Å². The Hall–Kier alpha value is -1.83. The van der Waals surface area contributed by atoms with Gasteiger partial charge in [-0.25, -0.2) is 13.1 Å². The van der Waals surface area contributed by atoms with Gasteiger partial charge in [-0.15, -0.1) is 0 Å². The fraction of sp³-hybridized carbons (Fsp3) is 0.286. The maximum Gasteiger partial charge on any atom is 0.274 e. The molecule has 1 aromatic heterocycles. The molecule has 0 aliphatic heterocycles. The molecule has 3 N–H and O–H groups in total. The second-order valence-corrected chi connectivity index (χ2v) is 6.19. The number of furan rings is 1. The highest BCUT2D eigenvalue weighted by Gasteiger charge is 2.21. The van der Waals surface area contributed by atoms with Gasteiger partial charge in [0, 0.05) is 6.04 Å². The van der Waals surface area contributed by atoms with E-state index in [1.807, 2.05) is 0 Å². The van der Waals surface area contributed by atoms with E-state index < -0.39 is 16.1 Å². The van der Waals surface area contributed by atoms with E-state index >= 15 is 0 Å². The van der Waals surface area contributed by atoms with Crippen LogP contribution in [-0.4, -0.2) is 15.5 Å². The molecule has 2 aromatic rings. The number of sulfonamides is 1. The molecule has 0 saturated heterocycles. The Morgan fingerprint density at radius 2 is 1.90 bits per heavy atom. The van der Waals surface area contributed by atoms with E-state index in [9.17, 15) is 8.42 Å². The van der Waals surface area contributed by atoms with Crippen molar-refractivity contribution in [1.29, 1.82) is 0 Å². The van der Waals surface area contributed by atoms with E-state index in [2.05, 4.69) is 4.72 Å². The Morgan fingerprint density at radius 1 is 1.24 bits per heavy atom. The largest absolute Gasteiger partial charge is 0.497 e. The molecule has 0 fully saturated rings. The molecule has 2 rings (SSSR count). The number of methoxy groups -OCH3 is 1. The van der Waals surface area contributed by atoms with E-state index in [1.165, 1.54) is 6.07 Å². The summed E-state index contributed by atoms with van der Waals surface area (Å²) in [5, 5.41) is -0.136. The summed E-state index contributed by atoms with van der Waals surface area (Å²) in [7, 11) is -2.14. The van der Waals surface area contributed by atoms with E-state index in [4.69, 9.17) is 14.9 Å². The molecule has 0 saturated carbocycles. The number of benzene rings is 1. The van der Waals surface area contributed by atoms with Crippen molar-refractivity contribution in [1.82, 2.24) is 4.72 Å². The molecule has 1 atom stereocenters. The molecule has 1 unspecified atom stereocenters. The molecule has 0 aliphatic carbocycles. The minimum Gasteiger partial charge on any atom is -0.497 e. The number of nitrogens with two attached hydrogens (primary N) is 1. The molecule has 6 nitrogen and oxygen atoms in total. The van der Waals surface area contributed by atoms with Crippen molar-refractivity contribution in [3.8, 4) is 5.75 Å². The standard InChI is InChI=1S/C14H18N2O4S/c1-10(11-3-5-12(19-2)6-4-11)16-21(17,18)14-8-7-13(9-15)20-14/h3-8,10,16H,9,15H2,1-2H3. The lowest BCUT2D eigenvalue weighted by Gasteiger charge is -2.13. The van der Waals surface area contributed by atoms with E-state index in [0.29, 0.717) is 11.5 Å². The lowest BCUT2D eigenvalue weighted by atomic mass is 10.1. The SMILES string of the molecule is COc1ccc(C(C)NS(=O)(=O)c2ccc(CN)o2)cc1. The summed E-state index contributed by atoms with van der Waals surface area (Å²) in [4.78, 5) is 0. The number of rotatable bonds is 6. The zero-order valence-electron chi connectivity index (χ0n) is 11.9. The Morgan fingerprint density at radius 3 is 2.43 bits per heavy atom. The van der Waals surface area contributed by atoms with Crippen molar-refractivity contribution < 1.29 is 17.6 Å². The van der Waals surface area contributed by atoms with Crippen LogP contribution in [0.3, 0.4) is 0 Å². The van der Waals surface area contributed by atoms with Gasteiger partial charge in [-0.3, -0.25) is 0 Å². The second-order valence-electron chi connectivity index (χ2n) is 4.54. The molecular formula is C14H18N2O4S. The monoisotopic (exact) mass is 310 g/mol. The lowest BCUT2D eigenvalue weighted by molar-refractivity contribution is 0.410. The molecule has 0 amide bonds. The molecule has 7 heteroatoms. The predicted octanol–water partition coefficient (Wildman–Crippen LogP) is 1.79. The van der Waals surface area contributed by atoms with Crippen LogP contribution < -0.4 is 15.2 Å². The van der Waals surface area contributed by atoms with Gasteiger partial charge in [0.2, 0.25) is 5.09 Å². The van der Waals surface area contributed by atoms with Crippen LogP contribution in [0.2, 0.25) is 0 Å². The molecule has 0 radical (unpaired) electrons. The fourth-order valence-electron chi connectivity index (χ4n) is 1.86. The highest BCUT2D eigenvalue weighted by molar-refractivity contribution is 7.89. The third-order valence-electron chi connectivity index (χ3n) is 3.05. The van der Waals surface area contributed by atoms with Crippen molar-refractivity contribution in [3.63, 3.8) is 0 Å². The summed E-state index contributed by atoms with van der Waals surface area (Å²) in [6, 6.07) is 9.71. The first-order valence-corrected chi connectivity index (χ1v) is 7.89. The first kappa shape index (κ1) is 15.6. The van der Waals surface area contributed by atoms with Gasteiger partial charge in [0.25, 0.3) is 10.0 Å². The van der Waals surface area contributed by atoms with Crippen molar-refractivity contribution in [2.45, 2.75) is 24.6 Å². The smallest absolute Gasteiger partial charge is 0.274 e. The topological polar surface area (TPSA) is 94.6 Å². The number of ether oxygens (including phenoxy) is 1. The molecule has 0 aliphatic rings. The van der Waals surface area contributed by atoms with Crippen molar-refractivity contribution in [2.75, 3.05) is 7.11 Å². The molecule has 0 bridgehead atoms. The highest BCUT2D eigenvalue weighted by Crippen LogP contribution is 2.20. The van der Waals surface area contributed by atoms with Gasteiger partial charge >= 0.3 is 0 Å². The van der Waals surface area contributed by atoms with Crippen LogP contribution in [0, 0.1) is 0 Å². The van der Waals surface area contributed by atoms with Crippen LogP contribution in [0.5, 0.6) is 5.75 Å². The number of hydrogen-bond donors (Lipinski definition) is 2. The Labute approximate surface area is 124 Å². The summed E-state index contributed by atoms with van der Waals surface area (Å²) < 4.78 is 37.2. The quantitative estimate of drug-likeness (QED) is 0.848. The second kappa shape index (κ2) is 6.30. The summed E-state index contributed by atoms with van der Waals surface area (Å²) in [5.74, 6) is 1.14. The Kier molecular flexibility index (Phi) is 4.66. The third-order valence-corrected chi connectivity index (χ3v) is 4.46. The molecule has 1 aromatic carbocycles. The van der Waals surface area contributed by atoms with E-state index in [-0.39, 0.29) is 11.6 Å². The predicted molar refractivity (Wildman–Crippen MR) is 78.3 cm³/mol. The highest BCUT2D eigenvalue weighted by atomic mass is 32.2. The fourth-order valence-corrected chi connectivity index (χ4v) is 3.05. The van der Waals surface area contributed by atoms with Crippen LogP contribution in [0.4, 0.5) is 0 Å². The normalized spacial score (nSPS) is 13.1. The Bertz CT molecular complexity index is 692. The van der Waals surface area contributed by atoms with Gasteiger partial charge in [0.1, 0.15) is 11.5 Å². The molecule has 1 heterocycles. The number of hydrogen-bond acceptors (Lipinski definition) is 5. The van der Waals surface area contributed by atoms with E-state index in [1.54, 1.807) is 44.4 Å². The maximum atomic E-state index is 12.2. The van der Waals surface area contributed by atoms with Gasteiger partial charge in [0.15, 0.2) is 0 Å². The Balaban J connectivity index is 2.14. The average molecular weight is 310 g/mol. The summed E-state index contributed by atoms with van der Waals surface area (Å²) in [6.45, 7) is 1.91. The molecular weight excluding hydrogens is 292 g/mol. The number of nitrogens with one attached hydrogen (secondary N) is 1. The average Bonchev–Trinajstić information content (AvgIpc) is 2.96. The summed E-state index contributed by atoms with van der Waals surface area (Å²) in [5.41, 5.74) is 6.23. The molecule has 114 valence electrons. The van der Waals surface area contributed by atoms with Crippen molar-refractivity contribution in [2.24, 2.45) is 5.73 Å². The van der Waals surface area contributed by atoms with Crippen molar-refractivity contribution in [3.05, 3.63) is 47.7 Å². The maximum absolute atomic E-state index is 12.2. The first-order chi connectivity index (χ1) is 9.96. The zero-order valence-corrected chi connectivity index (χ0v) is 12.7. The minimum atomic E-state index is -3.72. The van der Waals surface area contributed by atoms with Crippen LogP contribution in [0.1, 0.15) is 24.3 Å². The van der Waals surface area contributed by atoms with E-state index in [0.717, 1.165) is 5.56 Å². The minimum absolute atomic E-state index is 0.136. The zero-order chi connectivity index (χ0) is 15.5. The lowest BCUT2D eigenvalue weighted by Crippen LogP contribution is -2.26. The third kappa shape index (κ3) is 3.63. The van der Waals surface area contributed by atoms with Crippen LogP contribution in [-0.2, 0) is 16.6 Å².